The molecule has 0 saturated carbocycles. The Morgan fingerprint density at radius 1 is 1.00 bits per heavy atom. The number of carbonyl (C=O) groups excluding carboxylic acids is 2. The molecule has 2 atom stereocenters. The summed E-state index contributed by atoms with van der Waals surface area (Å²) in [6, 6.07) is 0. The van der Waals surface area contributed by atoms with Gasteiger partial charge in [-0.2, -0.15) is 0 Å². The third-order valence-corrected chi connectivity index (χ3v) is 3.19. The summed E-state index contributed by atoms with van der Waals surface area (Å²) >= 11 is 0. The third kappa shape index (κ3) is 1.52. The van der Waals surface area contributed by atoms with Gasteiger partial charge >= 0.3 is 11.9 Å². The molecule has 1 rings (SSSR count). The largest absolute Gasteiger partial charge is 0.389 e. The van der Waals surface area contributed by atoms with E-state index in [2.05, 4.69) is 4.74 Å². The van der Waals surface area contributed by atoms with E-state index in [1.807, 2.05) is 0 Å². The van der Waals surface area contributed by atoms with Crippen LogP contribution in [0.5, 0.6) is 0 Å². The van der Waals surface area contributed by atoms with Crippen LogP contribution >= 0.6 is 0 Å². The topological polar surface area (TPSA) is 61.8 Å². The molecule has 0 N–H and O–H groups in total. The van der Waals surface area contributed by atoms with E-state index >= 15 is 0 Å². The molecule has 0 spiro atoms. The van der Waals surface area contributed by atoms with Gasteiger partial charge in [-0.15, -0.1) is 0 Å². The van der Waals surface area contributed by atoms with Crippen LogP contribution in [-0.4, -0.2) is 48.3 Å². The molecule has 0 aromatic heterocycles. The van der Waals surface area contributed by atoms with Gasteiger partial charge in [0.25, 0.3) is 0 Å². The first-order valence-electron chi connectivity index (χ1n) is 4.91. The van der Waals surface area contributed by atoms with Crippen LogP contribution in [-0.2, 0) is 23.8 Å². The van der Waals surface area contributed by atoms with Crippen LogP contribution in [0.3, 0.4) is 0 Å². The van der Waals surface area contributed by atoms with Crippen LogP contribution in [0, 0.1) is 0 Å². The lowest BCUT2D eigenvalue weighted by Gasteiger charge is -2.36. The average molecular weight is 248 g/mol. The minimum Gasteiger partial charge on any atom is -0.389 e. The number of methoxy groups -OCH3 is 2. The van der Waals surface area contributed by atoms with Gasteiger partial charge in [-0.1, -0.05) is 13.8 Å². The smallest absolute Gasteiger partial charge is 0.349 e. The average Bonchev–Trinajstić information content (AvgIpc) is 2.46. The minimum atomic E-state index is -1.31. The van der Waals surface area contributed by atoms with Crippen LogP contribution in [0.25, 0.3) is 0 Å². The fourth-order valence-corrected chi connectivity index (χ4v) is 2.22. The summed E-state index contributed by atoms with van der Waals surface area (Å²) in [4.78, 5) is 23.3. The van der Waals surface area contributed by atoms with Crippen LogP contribution in [0.2, 0.25) is 0 Å². The molecule has 0 radical (unpaired) electrons. The van der Waals surface area contributed by atoms with Gasteiger partial charge in [-0.3, -0.25) is 0 Å². The molecule has 0 aliphatic carbocycles. The van der Waals surface area contributed by atoms with Gasteiger partial charge in [0.2, 0.25) is 11.2 Å². The third-order valence-electron chi connectivity index (χ3n) is 3.19. The van der Waals surface area contributed by atoms with Crippen LogP contribution in [0.1, 0.15) is 26.7 Å². The van der Waals surface area contributed by atoms with Gasteiger partial charge in [0.15, 0.2) is 0 Å². The molecule has 0 aromatic rings. The van der Waals surface area contributed by atoms with Crippen LogP contribution in [0.15, 0.2) is 0 Å². The van der Waals surface area contributed by atoms with Crippen molar-refractivity contribution in [3.05, 3.63) is 0 Å². The van der Waals surface area contributed by atoms with E-state index < -0.39 is 23.1 Å². The Morgan fingerprint density at radius 3 is 1.50 bits per heavy atom. The highest BCUT2D eigenvalue weighted by molar-refractivity contribution is 6.05. The lowest BCUT2D eigenvalue weighted by Crippen LogP contribution is -2.58. The van der Waals surface area contributed by atoms with Crippen molar-refractivity contribution in [1.82, 2.24) is 0 Å². The van der Waals surface area contributed by atoms with E-state index in [-0.39, 0.29) is 11.0 Å². The maximum Gasteiger partial charge on any atom is 0.349 e. The summed E-state index contributed by atoms with van der Waals surface area (Å²) in [6.45, 7) is 3.51. The first-order valence-corrected chi connectivity index (χ1v) is 4.91. The molecule has 1 aliphatic heterocycles. The highest BCUT2D eigenvalue weighted by atomic mass is 28.1. The second kappa shape index (κ2) is 5.07. The molecule has 5 nitrogen and oxygen atoms in total. The number of hydrogen-bond donors (Lipinski definition) is 0. The van der Waals surface area contributed by atoms with Crippen molar-refractivity contribution < 1.29 is 23.8 Å². The van der Waals surface area contributed by atoms with E-state index in [0.29, 0.717) is 12.8 Å². The molecular weight excluding hydrogens is 228 g/mol. The molecule has 0 amide bonds. The standard InChI is InChI=1S/C10H16O5.H4Si/c1-5-9(13-3)7(11)15-8(12)10(9,6-2)14-4;/h5-6H2,1-4H3;1H4. The van der Waals surface area contributed by atoms with Crippen LogP contribution in [0.4, 0.5) is 0 Å². The summed E-state index contributed by atoms with van der Waals surface area (Å²) in [6.07, 6.45) is 0.658. The highest BCUT2D eigenvalue weighted by Gasteiger charge is 2.68. The van der Waals surface area contributed by atoms with Gasteiger partial charge in [-0.05, 0) is 23.8 Å². The summed E-state index contributed by atoms with van der Waals surface area (Å²) in [5.74, 6) is -1.33. The summed E-state index contributed by atoms with van der Waals surface area (Å²) < 4.78 is 15.0. The second-order valence-corrected chi connectivity index (χ2v) is 3.45. The van der Waals surface area contributed by atoms with Crippen molar-refractivity contribution in [2.75, 3.05) is 14.2 Å². The molecule has 1 fully saturated rings. The van der Waals surface area contributed by atoms with E-state index in [0.717, 1.165) is 0 Å². The van der Waals surface area contributed by atoms with Gasteiger partial charge in [0.05, 0.1) is 0 Å². The second-order valence-electron chi connectivity index (χ2n) is 3.45. The fraction of sp³-hybridized carbons (Fsp3) is 0.800. The van der Waals surface area contributed by atoms with Gasteiger partial charge in [-0.25, -0.2) is 9.59 Å². The first kappa shape index (κ1) is 15.3. The molecule has 6 heteroatoms. The number of esters is 2. The molecule has 1 aliphatic rings. The number of cyclic esters (lactones) is 2. The summed E-state index contributed by atoms with van der Waals surface area (Å²) in [5.41, 5.74) is -2.62. The maximum absolute atomic E-state index is 11.7. The Balaban J connectivity index is 0.00000225. The number of carbonyl (C=O) groups is 2. The number of ether oxygens (including phenoxy) is 3. The zero-order valence-corrected chi connectivity index (χ0v) is 9.46. The quantitative estimate of drug-likeness (QED) is 0.371. The van der Waals surface area contributed by atoms with Crippen LogP contribution < -0.4 is 0 Å². The molecule has 1 saturated heterocycles. The van der Waals surface area contributed by atoms with Crippen molar-refractivity contribution in [1.29, 1.82) is 0 Å². The molecule has 0 bridgehead atoms. The van der Waals surface area contributed by atoms with E-state index in [1.165, 1.54) is 14.2 Å². The fourth-order valence-electron chi connectivity index (χ4n) is 2.22. The Hall–Kier alpha value is -0.723. The summed E-state index contributed by atoms with van der Waals surface area (Å²) in [5, 5.41) is 0. The highest BCUT2D eigenvalue weighted by Crippen LogP contribution is 2.42. The molecule has 16 heavy (non-hydrogen) atoms. The maximum atomic E-state index is 11.7. The molecule has 94 valence electrons. The first-order chi connectivity index (χ1) is 7.04. The van der Waals surface area contributed by atoms with Gasteiger partial charge in [0.1, 0.15) is 0 Å². The van der Waals surface area contributed by atoms with Crippen molar-refractivity contribution in [2.24, 2.45) is 0 Å². The van der Waals surface area contributed by atoms with Gasteiger partial charge < -0.3 is 14.2 Å². The Labute approximate surface area is 99.5 Å². The number of rotatable bonds is 4. The molecule has 2 unspecified atom stereocenters. The van der Waals surface area contributed by atoms with E-state index in [4.69, 9.17) is 9.47 Å². The predicted molar refractivity (Wildman–Crippen MR) is 62.5 cm³/mol. The van der Waals surface area contributed by atoms with Crippen molar-refractivity contribution in [3.63, 3.8) is 0 Å². The Kier molecular flexibility index (Phi) is 4.84. The normalized spacial score (nSPS) is 33.5. The van der Waals surface area contributed by atoms with Crippen molar-refractivity contribution in [2.45, 2.75) is 37.9 Å². The zero-order chi connectivity index (χ0) is 11.7. The lowest BCUT2D eigenvalue weighted by atomic mass is 9.80. The minimum absolute atomic E-state index is 0. The molecule has 0 aromatic carbocycles. The molecule has 1 heterocycles. The monoisotopic (exact) mass is 248 g/mol. The summed E-state index contributed by atoms with van der Waals surface area (Å²) in [7, 11) is 2.76. The Bertz CT molecular complexity index is 253. The van der Waals surface area contributed by atoms with Crippen molar-refractivity contribution in [3.8, 4) is 0 Å². The van der Waals surface area contributed by atoms with E-state index in [1.54, 1.807) is 13.8 Å². The van der Waals surface area contributed by atoms with Crippen molar-refractivity contribution >= 4 is 22.9 Å². The lowest BCUT2D eigenvalue weighted by molar-refractivity contribution is -0.183. The number of hydrogen-bond acceptors (Lipinski definition) is 5. The Morgan fingerprint density at radius 2 is 1.31 bits per heavy atom. The van der Waals surface area contributed by atoms with E-state index in [9.17, 15) is 9.59 Å². The predicted octanol–water partition coefficient (Wildman–Crippen LogP) is -0.791. The molecular formula is C10H20O5Si. The van der Waals surface area contributed by atoms with Gasteiger partial charge in [0, 0.05) is 14.2 Å². The zero-order valence-electron chi connectivity index (χ0n) is 9.46. The SMILES string of the molecule is CCC1(OC)C(=O)OC(=O)C1(CC)OC.[SiH4].